The molecule has 0 saturated heterocycles. The molecule has 7 nitrogen and oxygen atoms in total. The lowest BCUT2D eigenvalue weighted by atomic mass is 10.1. The monoisotopic (exact) mass is 297 g/mol. The van der Waals surface area contributed by atoms with Gasteiger partial charge in [0.15, 0.2) is 0 Å². The molecule has 0 aromatic heterocycles. The summed E-state index contributed by atoms with van der Waals surface area (Å²) < 4.78 is 19.4. The number of hydrogen-bond acceptors (Lipinski definition) is 5. The molecule has 0 radical (unpaired) electrons. The molecule has 8 heteroatoms. The van der Waals surface area contributed by atoms with Crippen LogP contribution in [0.2, 0.25) is 0 Å². The van der Waals surface area contributed by atoms with Crippen LogP contribution in [0, 0.1) is 11.7 Å². The summed E-state index contributed by atoms with van der Waals surface area (Å²) in [5.41, 5.74) is 6.96. The summed E-state index contributed by atoms with van der Waals surface area (Å²) in [5.74, 6) is 10.8. The third-order valence-electron chi connectivity index (χ3n) is 3.55. The van der Waals surface area contributed by atoms with Crippen LogP contribution in [-0.2, 0) is 12.8 Å². The highest BCUT2D eigenvalue weighted by Crippen LogP contribution is 2.32. The van der Waals surface area contributed by atoms with Crippen molar-refractivity contribution < 1.29 is 14.2 Å². The molecule has 0 saturated carbocycles. The van der Waals surface area contributed by atoms with Gasteiger partial charge in [-0.2, -0.15) is 0 Å². The maximum Gasteiger partial charge on any atom is 0.227 e. The van der Waals surface area contributed by atoms with Crippen molar-refractivity contribution in [1.29, 1.82) is 0 Å². The van der Waals surface area contributed by atoms with Crippen molar-refractivity contribution in [3.05, 3.63) is 29.1 Å². The largest absolute Gasteiger partial charge is 0.492 e. The first kappa shape index (κ1) is 15.3. The topological polar surface area (TPSA) is 123 Å². The van der Waals surface area contributed by atoms with Gasteiger partial charge >= 0.3 is 0 Å². The number of hydrogen-bond donors (Lipinski definition) is 4. The average molecular weight is 297 g/mol. The normalized spacial score (nSPS) is 17.7. The Morgan fingerprint density at radius 2 is 2.24 bits per heavy atom. The number of nitrogens with two attached hydrogens (primary N) is 3. The molecule has 0 heterocycles. The van der Waals surface area contributed by atoms with E-state index in [1.54, 1.807) is 6.07 Å². The fourth-order valence-corrected chi connectivity index (χ4v) is 2.41. The number of fused-ring (bicyclic) bond motifs is 1. The molecule has 0 spiro atoms. The quantitative estimate of drug-likeness (QED) is 0.246. The van der Waals surface area contributed by atoms with Crippen LogP contribution in [0.4, 0.5) is 4.39 Å². The maximum absolute atomic E-state index is 14.0. The van der Waals surface area contributed by atoms with Gasteiger partial charge < -0.3 is 21.4 Å². The molecule has 0 aliphatic heterocycles. The van der Waals surface area contributed by atoms with E-state index < -0.39 is 0 Å². The minimum absolute atomic E-state index is 0.00970. The summed E-state index contributed by atoms with van der Waals surface area (Å²) >= 11 is 0. The van der Waals surface area contributed by atoms with Gasteiger partial charge in [-0.1, -0.05) is 0 Å². The predicted molar refractivity (Wildman–Crippen MR) is 76.6 cm³/mol. The zero-order valence-corrected chi connectivity index (χ0v) is 11.6. The molecule has 0 bridgehead atoms. The highest BCUT2D eigenvalue weighted by Gasteiger charge is 2.24. The smallest absolute Gasteiger partial charge is 0.227 e. The van der Waals surface area contributed by atoms with Crippen LogP contribution in [0.3, 0.4) is 0 Å². The van der Waals surface area contributed by atoms with Gasteiger partial charge in [-0.15, -0.1) is 5.10 Å². The van der Waals surface area contributed by atoms with Crippen LogP contribution < -0.4 is 22.2 Å². The van der Waals surface area contributed by atoms with Crippen molar-refractivity contribution in [3.8, 4) is 5.75 Å². The van der Waals surface area contributed by atoms with Gasteiger partial charge in [-0.3, -0.25) is 5.01 Å². The van der Waals surface area contributed by atoms with Gasteiger partial charge in [0.1, 0.15) is 18.2 Å². The first-order valence-corrected chi connectivity index (χ1v) is 6.65. The third-order valence-corrected chi connectivity index (χ3v) is 3.55. The second kappa shape index (κ2) is 6.59. The standard InChI is InChI=1S/C13H20FN5O2/c14-12-6-10(21-2-1-19(17)13(15)18-16)5-9-3-8(7-20)4-11(9)12/h5-6,8,20H,1-4,7,16-17H2,(H2,15,18). The SMILES string of the molecule is N/N=C(/N)N(N)CCOc1cc(F)c2c(c1)CC(CO)C2. The molecule has 1 aromatic carbocycles. The maximum atomic E-state index is 14.0. The number of guanidine groups is 1. The highest BCUT2D eigenvalue weighted by molar-refractivity contribution is 5.76. The zero-order chi connectivity index (χ0) is 15.4. The summed E-state index contributed by atoms with van der Waals surface area (Å²) in [6.07, 6.45) is 1.23. The van der Waals surface area contributed by atoms with E-state index in [1.807, 2.05) is 0 Å². The molecule has 21 heavy (non-hydrogen) atoms. The van der Waals surface area contributed by atoms with Crippen molar-refractivity contribution in [2.75, 3.05) is 19.8 Å². The Morgan fingerprint density at radius 1 is 1.48 bits per heavy atom. The van der Waals surface area contributed by atoms with Gasteiger partial charge in [-0.25, -0.2) is 10.2 Å². The molecule has 1 aliphatic rings. The fourth-order valence-electron chi connectivity index (χ4n) is 2.41. The number of aliphatic hydroxyl groups excluding tert-OH is 1. The van der Waals surface area contributed by atoms with Crippen molar-refractivity contribution in [2.45, 2.75) is 12.8 Å². The van der Waals surface area contributed by atoms with Gasteiger partial charge in [0.25, 0.3) is 0 Å². The summed E-state index contributed by atoms with van der Waals surface area (Å²) in [6, 6.07) is 3.15. The molecule has 0 fully saturated rings. The van der Waals surface area contributed by atoms with E-state index in [0.717, 1.165) is 10.6 Å². The number of nitrogens with zero attached hydrogens (tertiary/aromatic N) is 2. The molecular weight excluding hydrogens is 277 g/mol. The number of rotatable bonds is 5. The van der Waals surface area contributed by atoms with E-state index in [0.29, 0.717) is 24.2 Å². The Hall–Kier alpha value is -2.06. The second-order valence-electron chi connectivity index (χ2n) is 5.03. The summed E-state index contributed by atoms with van der Waals surface area (Å²) in [6.45, 7) is 0.545. The van der Waals surface area contributed by atoms with E-state index in [1.165, 1.54) is 6.07 Å². The molecule has 1 atom stereocenters. The number of ether oxygens (including phenoxy) is 1. The second-order valence-corrected chi connectivity index (χ2v) is 5.03. The van der Waals surface area contributed by atoms with Crippen LogP contribution in [-0.4, -0.2) is 35.8 Å². The van der Waals surface area contributed by atoms with Gasteiger partial charge in [0.2, 0.25) is 5.96 Å². The molecule has 1 aromatic rings. The first-order valence-electron chi connectivity index (χ1n) is 6.65. The summed E-state index contributed by atoms with van der Waals surface area (Å²) in [4.78, 5) is 0. The summed E-state index contributed by atoms with van der Waals surface area (Å²) in [7, 11) is 0. The van der Waals surface area contributed by atoms with Crippen molar-refractivity contribution in [2.24, 2.45) is 28.4 Å². The van der Waals surface area contributed by atoms with Crippen molar-refractivity contribution in [3.63, 3.8) is 0 Å². The fraction of sp³-hybridized carbons (Fsp3) is 0.462. The molecule has 0 amide bonds. The Morgan fingerprint density at radius 3 is 2.90 bits per heavy atom. The lowest BCUT2D eigenvalue weighted by molar-refractivity contribution is 0.232. The van der Waals surface area contributed by atoms with Crippen LogP contribution in [0.1, 0.15) is 11.1 Å². The Labute approximate surface area is 122 Å². The summed E-state index contributed by atoms with van der Waals surface area (Å²) in [5, 5.41) is 13.6. The minimum Gasteiger partial charge on any atom is -0.492 e. The van der Waals surface area contributed by atoms with Crippen molar-refractivity contribution >= 4 is 5.96 Å². The Kier molecular flexibility index (Phi) is 4.81. The van der Waals surface area contributed by atoms with Crippen LogP contribution in [0.5, 0.6) is 5.75 Å². The molecule has 7 N–H and O–H groups in total. The number of benzene rings is 1. The van der Waals surface area contributed by atoms with E-state index in [-0.39, 0.29) is 37.5 Å². The van der Waals surface area contributed by atoms with E-state index in [9.17, 15) is 4.39 Å². The predicted octanol–water partition coefficient (Wildman–Crippen LogP) is -0.724. The number of hydrazine groups is 1. The van der Waals surface area contributed by atoms with E-state index >= 15 is 0 Å². The lowest BCUT2D eigenvalue weighted by Gasteiger charge is -2.17. The number of hydrazone groups is 1. The molecular formula is C13H20FN5O2. The molecule has 2 rings (SSSR count). The average Bonchev–Trinajstić information content (AvgIpc) is 2.90. The van der Waals surface area contributed by atoms with Crippen molar-refractivity contribution in [1.82, 2.24) is 5.01 Å². The van der Waals surface area contributed by atoms with Gasteiger partial charge in [0.05, 0.1) is 6.54 Å². The van der Waals surface area contributed by atoms with E-state index in [4.69, 9.17) is 27.3 Å². The number of aliphatic hydroxyl groups is 1. The first-order chi connectivity index (χ1) is 10.0. The Bertz CT molecular complexity index is 538. The minimum atomic E-state index is -0.300. The number of halogens is 1. The molecule has 1 unspecified atom stereocenters. The van der Waals surface area contributed by atoms with Gasteiger partial charge in [-0.05, 0) is 36.0 Å². The molecule has 1 aliphatic carbocycles. The highest BCUT2D eigenvalue weighted by atomic mass is 19.1. The third kappa shape index (κ3) is 3.53. The molecule has 116 valence electrons. The van der Waals surface area contributed by atoms with Crippen LogP contribution in [0.25, 0.3) is 0 Å². The lowest BCUT2D eigenvalue weighted by Crippen LogP contribution is -2.45. The zero-order valence-electron chi connectivity index (χ0n) is 11.6. The van der Waals surface area contributed by atoms with E-state index in [2.05, 4.69) is 5.10 Å². The Balaban J connectivity index is 1.96. The van der Waals surface area contributed by atoms with Gasteiger partial charge in [0, 0.05) is 12.7 Å². The van der Waals surface area contributed by atoms with Crippen LogP contribution in [0.15, 0.2) is 17.2 Å². The van der Waals surface area contributed by atoms with Crippen LogP contribution >= 0.6 is 0 Å².